The van der Waals surface area contributed by atoms with Gasteiger partial charge in [-0.3, -0.25) is 4.98 Å². The van der Waals surface area contributed by atoms with Gasteiger partial charge >= 0.3 is 0 Å². The molecule has 1 aliphatic heterocycles. The highest BCUT2D eigenvalue weighted by Gasteiger charge is 2.24. The van der Waals surface area contributed by atoms with Crippen molar-refractivity contribution in [1.29, 1.82) is 0 Å². The molecule has 1 aromatic heterocycles. The largest absolute Gasteiger partial charge is 0.486 e. The lowest BCUT2D eigenvalue weighted by atomic mass is 10.1. The van der Waals surface area contributed by atoms with Crippen LogP contribution in [0.1, 0.15) is 5.56 Å². The Morgan fingerprint density at radius 1 is 0.938 bits per heavy atom. The predicted molar refractivity (Wildman–Crippen MR) is 124 cm³/mol. The Morgan fingerprint density at radius 2 is 1.69 bits per heavy atom. The average molecular weight is 467 g/mol. The highest BCUT2D eigenvalue weighted by Crippen LogP contribution is 2.38. The summed E-state index contributed by atoms with van der Waals surface area (Å²) in [6.45, 7) is 2.86. The Balaban J connectivity index is 1.69. The van der Waals surface area contributed by atoms with Crippen LogP contribution in [0.5, 0.6) is 11.5 Å². The Hall–Kier alpha value is -3.29. The second-order valence-corrected chi connectivity index (χ2v) is 9.81. The van der Waals surface area contributed by atoms with Gasteiger partial charge in [0.25, 0.3) is 0 Å². The van der Waals surface area contributed by atoms with E-state index in [0.717, 1.165) is 5.56 Å². The van der Waals surface area contributed by atoms with Gasteiger partial charge in [0, 0.05) is 28.4 Å². The lowest BCUT2D eigenvalue weighted by molar-refractivity contribution is 0.171. The standard InChI is InChI=1S/C24H19ClN2O4S/c1-15-2-6-18(7-3-15)32(28,29)23-14-26-20-8-4-16(25)12-19(20)24(23)27-17-5-9-21-22(13-17)31-11-10-30-21/h2-9,12-14H,10-11H2,1H3,(H,26,27). The summed E-state index contributed by atoms with van der Waals surface area (Å²) in [4.78, 5) is 4.63. The van der Waals surface area contributed by atoms with Crippen molar-refractivity contribution in [3.05, 3.63) is 77.4 Å². The number of anilines is 2. The molecule has 162 valence electrons. The summed E-state index contributed by atoms with van der Waals surface area (Å²) in [5.74, 6) is 1.25. The molecule has 3 aromatic carbocycles. The van der Waals surface area contributed by atoms with E-state index in [-0.39, 0.29) is 9.79 Å². The van der Waals surface area contributed by atoms with E-state index in [1.165, 1.54) is 6.20 Å². The van der Waals surface area contributed by atoms with Crippen molar-refractivity contribution in [2.24, 2.45) is 0 Å². The number of sulfone groups is 1. The van der Waals surface area contributed by atoms with E-state index in [1.54, 1.807) is 54.6 Å². The van der Waals surface area contributed by atoms with Crippen LogP contribution in [0.2, 0.25) is 5.02 Å². The molecule has 0 amide bonds. The van der Waals surface area contributed by atoms with Crippen molar-refractivity contribution in [2.45, 2.75) is 16.7 Å². The predicted octanol–water partition coefficient (Wildman–Crippen LogP) is 5.54. The first-order valence-electron chi connectivity index (χ1n) is 9.98. The number of hydrogen-bond donors (Lipinski definition) is 1. The Bertz CT molecular complexity index is 1440. The highest BCUT2D eigenvalue weighted by atomic mass is 35.5. The van der Waals surface area contributed by atoms with E-state index in [0.29, 0.717) is 52.0 Å². The number of halogens is 1. The first-order chi connectivity index (χ1) is 15.4. The molecule has 0 bridgehead atoms. The SMILES string of the molecule is Cc1ccc(S(=O)(=O)c2cnc3ccc(Cl)cc3c2Nc2ccc3c(c2)OCCO3)cc1. The Morgan fingerprint density at radius 3 is 2.47 bits per heavy atom. The van der Waals surface area contributed by atoms with E-state index in [2.05, 4.69) is 10.3 Å². The molecule has 2 heterocycles. The fraction of sp³-hybridized carbons (Fsp3) is 0.125. The maximum Gasteiger partial charge on any atom is 0.210 e. The quantitative estimate of drug-likeness (QED) is 0.425. The van der Waals surface area contributed by atoms with Gasteiger partial charge in [-0.2, -0.15) is 0 Å². The Kier molecular flexibility index (Phi) is 5.15. The van der Waals surface area contributed by atoms with E-state index in [9.17, 15) is 8.42 Å². The van der Waals surface area contributed by atoms with E-state index < -0.39 is 9.84 Å². The van der Waals surface area contributed by atoms with Crippen LogP contribution in [0, 0.1) is 6.92 Å². The number of pyridine rings is 1. The van der Waals surface area contributed by atoms with Gasteiger partial charge in [0.1, 0.15) is 18.1 Å². The van der Waals surface area contributed by atoms with E-state index in [1.807, 2.05) is 13.0 Å². The third-order valence-electron chi connectivity index (χ3n) is 5.23. The molecule has 0 atom stereocenters. The van der Waals surface area contributed by atoms with Crippen LogP contribution in [0.3, 0.4) is 0 Å². The number of rotatable bonds is 4. The van der Waals surface area contributed by atoms with Gasteiger partial charge in [-0.05, 0) is 49.4 Å². The molecule has 0 radical (unpaired) electrons. The smallest absolute Gasteiger partial charge is 0.210 e. The van der Waals surface area contributed by atoms with E-state index >= 15 is 0 Å². The zero-order valence-electron chi connectivity index (χ0n) is 17.1. The minimum absolute atomic E-state index is 0.0611. The van der Waals surface area contributed by atoms with Gasteiger partial charge in [0.15, 0.2) is 11.5 Å². The number of hydrogen-bond acceptors (Lipinski definition) is 6. The van der Waals surface area contributed by atoms with Gasteiger partial charge in [-0.15, -0.1) is 0 Å². The lowest BCUT2D eigenvalue weighted by Gasteiger charge is -2.20. The number of ether oxygens (including phenoxy) is 2. The van der Waals surface area contributed by atoms with Crippen LogP contribution in [-0.4, -0.2) is 26.6 Å². The third-order valence-corrected chi connectivity index (χ3v) is 7.24. The molecular weight excluding hydrogens is 448 g/mol. The summed E-state index contributed by atoms with van der Waals surface area (Å²) < 4.78 is 38.4. The fourth-order valence-electron chi connectivity index (χ4n) is 3.59. The maximum atomic E-state index is 13.6. The van der Waals surface area contributed by atoms with Crippen molar-refractivity contribution in [3.8, 4) is 11.5 Å². The monoisotopic (exact) mass is 466 g/mol. The summed E-state index contributed by atoms with van der Waals surface area (Å²) >= 11 is 6.25. The van der Waals surface area contributed by atoms with Gasteiger partial charge in [0.05, 0.1) is 16.1 Å². The number of aryl methyl sites for hydroxylation is 1. The Labute approximate surface area is 190 Å². The fourth-order valence-corrected chi connectivity index (χ4v) is 5.13. The summed E-state index contributed by atoms with van der Waals surface area (Å²) in [7, 11) is -3.85. The van der Waals surface area contributed by atoms with Crippen molar-refractivity contribution < 1.29 is 17.9 Å². The average Bonchev–Trinajstić information content (AvgIpc) is 2.79. The van der Waals surface area contributed by atoms with Gasteiger partial charge in [0.2, 0.25) is 9.84 Å². The van der Waals surface area contributed by atoms with Gasteiger partial charge in [-0.25, -0.2) is 8.42 Å². The summed E-state index contributed by atoms with van der Waals surface area (Å²) in [5, 5.41) is 4.35. The van der Waals surface area contributed by atoms with Crippen molar-refractivity contribution in [2.75, 3.05) is 18.5 Å². The van der Waals surface area contributed by atoms with Crippen LogP contribution in [0.4, 0.5) is 11.4 Å². The summed E-state index contributed by atoms with van der Waals surface area (Å²) in [6.07, 6.45) is 1.38. The second-order valence-electron chi connectivity index (χ2n) is 7.46. The molecule has 6 nitrogen and oxygen atoms in total. The second kappa shape index (κ2) is 8.00. The van der Waals surface area contributed by atoms with Crippen LogP contribution in [-0.2, 0) is 9.84 Å². The summed E-state index contributed by atoms with van der Waals surface area (Å²) in [6, 6.07) is 17.3. The van der Waals surface area contributed by atoms with Crippen LogP contribution in [0.25, 0.3) is 10.9 Å². The first-order valence-corrected chi connectivity index (χ1v) is 11.8. The normalized spacial score (nSPS) is 13.2. The van der Waals surface area contributed by atoms with Crippen molar-refractivity contribution in [3.63, 3.8) is 0 Å². The number of fused-ring (bicyclic) bond motifs is 2. The molecule has 1 aliphatic rings. The molecule has 5 rings (SSSR count). The molecule has 0 saturated heterocycles. The first kappa shape index (κ1) is 20.6. The molecule has 1 N–H and O–H groups in total. The number of aromatic nitrogens is 1. The number of benzene rings is 3. The lowest BCUT2D eigenvalue weighted by Crippen LogP contribution is -2.15. The number of nitrogens with one attached hydrogen (secondary N) is 1. The minimum atomic E-state index is -3.85. The molecule has 32 heavy (non-hydrogen) atoms. The zero-order valence-corrected chi connectivity index (χ0v) is 18.7. The zero-order chi connectivity index (χ0) is 22.3. The minimum Gasteiger partial charge on any atom is -0.486 e. The number of nitrogens with zero attached hydrogens (tertiary/aromatic N) is 1. The molecule has 4 aromatic rings. The maximum absolute atomic E-state index is 13.6. The molecule has 0 spiro atoms. The topological polar surface area (TPSA) is 77.5 Å². The van der Waals surface area contributed by atoms with Gasteiger partial charge < -0.3 is 14.8 Å². The van der Waals surface area contributed by atoms with Crippen LogP contribution < -0.4 is 14.8 Å². The molecule has 0 unspecified atom stereocenters. The summed E-state index contributed by atoms with van der Waals surface area (Å²) in [5.41, 5.74) is 2.65. The molecule has 0 fully saturated rings. The molecule has 0 saturated carbocycles. The molecular formula is C24H19ClN2O4S. The van der Waals surface area contributed by atoms with E-state index in [4.69, 9.17) is 21.1 Å². The van der Waals surface area contributed by atoms with Crippen molar-refractivity contribution in [1.82, 2.24) is 4.98 Å². The van der Waals surface area contributed by atoms with Crippen LogP contribution in [0.15, 0.2) is 76.7 Å². The van der Waals surface area contributed by atoms with Crippen molar-refractivity contribution >= 4 is 43.7 Å². The van der Waals surface area contributed by atoms with Crippen LogP contribution >= 0.6 is 11.6 Å². The molecule has 0 aliphatic carbocycles. The van der Waals surface area contributed by atoms with Gasteiger partial charge in [-0.1, -0.05) is 29.3 Å². The molecule has 8 heteroatoms. The third kappa shape index (κ3) is 3.74. The highest BCUT2D eigenvalue weighted by molar-refractivity contribution is 7.91.